The number of rotatable bonds is 14. The van der Waals surface area contributed by atoms with Crippen LogP contribution in [-0.4, -0.2) is 203 Å². The summed E-state index contributed by atoms with van der Waals surface area (Å²) in [6.07, 6.45) is -3.95. The molecule has 3 heterocycles. The van der Waals surface area contributed by atoms with Gasteiger partial charge in [0.25, 0.3) is 0 Å². The molecule has 0 spiro atoms. The van der Waals surface area contributed by atoms with Gasteiger partial charge in [0.15, 0.2) is 30.1 Å². The first-order valence-electron chi connectivity index (χ1n) is 31.2. The first kappa shape index (κ1) is 68.5. The highest BCUT2D eigenvalue weighted by Crippen LogP contribution is 2.68. The SMILES string of the molecule is CC[C@H]1OC(=O)[C@H](C)[C@@H](O[C@@H]2C[C@](C)(OC)[C@H](O)[C@@H](C)O2)[C@H](C)C(O[C@H]2O[C@@H](C)C[C@H](N(C)C)C2OC(=O)CCCCOC(=O)[C@@]2(O)[C@H](C)CC3C4C[C@H](F)C5=CC(=O)C=C[C@]5(C)C4[C@@H](O)C[C@@]32C)C(C)(C)CCCN(C)[C@H](C)[C@H](O)[C@]1(C)O. The highest BCUT2D eigenvalue weighted by Gasteiger charge is 2.72. The van der Waals surface area contributed by atoms with E-state index in [1.165, 1.54) is 26.2 Å². The maximum Gasteiger partial charge on any atom is 0.338 e. The molecule has 19 nitrogen and oxygen atoms in total. The van der Waals surface area contributed by atoms with Crippen molar-refractivity contribution < 1.29 is 87.0 Å². The molecule has 3 aliphatic heterocycles. The van der Waals surface area contributed by atoms with Crippen molar-refractivity contribution >= 4 is 23.7 Å². The van der Waals surface area contributed by atoms with Crippen molar-refractivity contribution in [3.63, 3.8) is 0 Å². The number of hydrogen-bond donors (Lipinski definition) is 5. The van der Waals surface area contributed by atoms with Gasteiger partial charge < -0.3 is 73.2 Å². The molecule has 0 aromatic rings. The zero-order chi connectivity index (χ0) is 62.6. The quantitative estimate of drug-likeness (QED) is 0.0717. The second-order valence-corrected chi connectivity index (χ2v) is 28.4. The number of ketones is 1. The predicted octanol–water partition coefficient (Wildman–Crippen LogP) is 6.40. The third-order valence-electron chi connectivity index (χ3n) is 22.0. The zero-order valence-electron chi connectivity index (χ0n) is 53.4. The summed E-state index contributed by atoms with van der Waals surface area (Å²) in [5, 5.41) is 59.2. The molecule has 4 aliphatic carbocycles. The van der Waals surface area contributed by atoms with Crippen LogP contribution in [0.5, 0.6) is 0 Å². The highest BCUT2D eigenvalue weighted by molar-refractivity contribution is 6.01. The maximum absolute atomic E-state index is 16.1. The number of alkyl halides is 1. The van der Waals surface area contributed by atoms with Crippen LogP contribution in [0.2, 0.25) is 0 Å². The van der Waals surface area contributed by atoms with Gasteiger partial charge in [0.05, 0.1) is 54.7 Å². The van der Waals surface area contributed by atoms with Crippen LogP contribution in [0.1, 0.15) is 161 Å². The number of hydrogen-bond acceptors (Lipinski definition) is 19. The number of nitrogens with zero attached hydrogens (tertiary/aromatic N) is 2. The number of unbranched alkanes of at least 4 members (excludes halogenated alkanes) is 1. The number of carbonyl (C=O) groups excluding carboxylic acids is 4. The van der Waals surface area contributed by atoms with E-state index in [-0.39, 0.29) is 81.3 Å². The minimum atomic E-state index is -1.97. The lowest BCUT2D eigenvalue weighted by atomic mass is 9.46. The summed E-state index contributed by atoms with van der Waals surface area (Å²) in [6.45, 7) is 24.2. The van der Waals surface area contributed by atoms with Crippen molar-refractivity contribution in [2.75, 3.05) is 41.4 Å². The first-order valence-corrected chi connectivity index (χ1v) is 31.2. The highest BCUT2D eigenvalue weighted by atomic mass is 19.1. The fraction of sp³-hybridized carbons (Fsp3) is 0.875. The minimum absolute atomic E-state index is 0.0477. The minimum Gasteiger partial charge on any atom is -0.464 e. The normalized spacial score (nSPS) is 46.8. The average Bonchev–Trinajstić information content (AvgIpc) is 1.43. The molecule has 20 heteroatoms. The fourth-order valence-electron chi connectivity index (χ4n) is 16.6. The van der Waals surface area contributed by atoms with E-state index in [0.717, 1.165) is 0 Å². The molecule has 84 heavy (non-hydrogen) atoms. The number of halogens is 1. The van der Waals surface area contributed by atoms with Gasteiger partial charge in [-0.1, -0.05) is 54.5 Å². The monoisotopic (exact) mass is 1190 g/mol. The van der Waals surface area contributed by atoms with Gasteiger partial charge in [0, 0.05) is 48.7 Å². The molecule has 7 rings (SSSR count). The van der Waals surface area contributed by atoms with Crippen LogP contribution in [0.4, 0.5) is 4.39 Å². The smallest absolute Gasteiger partial charge is 0.338 e. The number of allylic oxidation sites excluding steroid dienone is 4. The van der Waals surface area contributed by atoms with Crippen molar-refractivity contribution in [1.29, 1.82) is 0 Å². The van der Waals surface area contributed by atoms with Crippen molar-refractivity contribution in [1.82, 2.24) is 9.80 Å². The summed E-state index contributed by atoms with van der Waals surface area (Å²) in [5.41, 5.74) is -7.20. The Hall–Kier alpha value is -2.99. The molecule has 7 aliphatic rings. The van der Waals surface area contributed by atoms with Crippen LogP contribution in [0, 0.1) is 51.8 Å². The molecule has 3 saturated heterocycles. The second kappa shape index (κ2) is 26.2. The van der Waals surface area contributed by atoms with Crippen molar-refractivity contribution in [2.24, 2.45) is 51.8 Å². The van der Waals surface area contributed by atoms with E-state index in [4.69, 9.17) is 37.9 Å². The Morgan fingerprint density at radius 1 is 0.893 bits per heavy atom. The van der Waals surface area contributed by atoms with E-state index in [1.807, 2.05) is 58.6 Å². The standard InChI is InChI=1S/C64H105FN2O17/c1-18-47-63(13,75)53(71)38(6)67(16)26-21-24-59(8,9)55(36(4)51(37(5)56(73)81-47)83-49-33-62(12,77-17)54(72)39(7)80-49)84-57-52(45(66(14)15)29-35(3)79-57)82-48(70)22-19-20-27-78-58(74)64(76)34(2)28-42-41-31-44(65)43-30-40(68)23-25-60(43,10)50(41)46(69)32-61(42,64)11/h23,25,30,34-39,41-42,44-47,49-55,57,69,71-72,75-76H,18-22,24,26-29,31-33H2,1-17H3/t34-,35+,36+,37-,38-,39-,41?,42?,44+,45+,46+,47-,49-,50?,51+,52?,53+,54-,55?,57-,60+,61+,62+,63-,64+/m1/s1. The Morgan fingerprint density at radius 3 is 2.21 bits per heavy atom. The lowest BCUT2D eigenvalue weighted by molar-refractivity contribution is -0.314. The molecule has 0 bridgehead atoms. The van der Waals surface area contributed by atoms with Crippen molar-refractivity contribution in [2.45, 2.75) is 263 Å². The summed E-state index contributed by atoms with van der Waals surface area (Å²) >= 11 is 0. The second-order valence-electron chi connectivity index (χ2n) is 28.4. The molecular weight excluding hydrogens is 1090 g/mol. The maximum atomic E-state index is 16.1. The molecule has 5 unspecified atom stereocenters. The van der Waals surface area contributed by atoms with Gasteiger partial charge in [-0.3, -0.25) is 14.4 Å². The summed E-state index contributed by atoms with van der Waals surface area (Å²) in [4.78, 5) is 59.4. The lowest BCUT2D eigenvalue weighted by Crippen LogP contribution is -2.63. The molecule has 0 radical (unpaired) electrons. The molecular formula is C64H105FN2O17. The summed E-state index contributed by atoms with van der Waals surface area (Å²) in [5.74, 6) is -5.59. The zero-order valence-corrected chi connectivity index (χ0v) is 53.4. The molecule has 480 valence electrons. The van der Waals surface area contributed by atoms with E-state index in [1.54, 1.807) is 47.6 Å². The van der Waals surface area contributed by atoms with Gasteiger partial charge in [-0.15, -0.1) is 0 Å². The first-order chi connectivity index (χ1) is 39.0. The van der Waals surface area contributed by atoms with Crippen LogP contribution in [0.15, 0.2) is 23.8 Å². The Balaban J connectivity index is 1.09. The van der Waals surface area contributed by atoms with Crippen LogP contribution >= 0.6 is 0 Å². The van der Waals surface area contributed by atoms with E-state index in [0.29, 0.717) is 37.8 Å². The van der Waals surface area contributed by atoms with E-state index < -0.39 is 148 Å². The third kappa shape index (κ3) is 13.0. The third-order valence-corrected chi connectivity index (χ3v) is 22.0. The number of methoxy groups -OCH3 is 1. The van der Waals surface area contributed by atoms with Crippen LogP contribution < -0.4 is 0 Å². The molecule has 0 amide bonds. The van der Waals surface area contributed by atoms with E-state index >= 15 is 4.39 Å². The Kier molecular flexibility index (Phi) is 21.4. The van der Waals surface area contributed by atoms with Gasteiger partial charge in [-0.25, -0.2) is 9.18 Å². The number of likely N-dealkylation sites (N-methyl/N-ethyl adjacent to an activating group) is 2. The molecule has 25 atom stereocenters. The van der Waals surface area contributed by atoms with Crippen molar-refractivity contribution in [3.05, 3.63) is 23.8 Å². The summed E-state index contributed by atoms with van der Waals surface area (Å²) in [6, 6.07) is -0.886. The van der Waals surface area contributed by atoms with Gasteiger partial charge in [-0.05, 0) is 168 Å². The Morgan fingerprint density at radius 2 is 1.57 bits per heavy atom. The van der Waals surface area contributed by atoms with Crippen LogP contribution in [-0.2, 0) is 57.1 Å². The number of cyclic esters (lactones) is 1. The lowest BCUT2D eigenvalue weighted by Gasteiger charge is -2.59. The molecule has 5 N–H and O–H groups in total. The average molecular weight is 1190 g/mol. The van der Waals surface area contributed by atoms with Gasteiger partial charge in [0.2, 0.25) is 0 Å². The van der Waals surface area contributed by atoms with Gasteiger partial charge in [-0.2, -0.15) is 0 Å². The topological polar surface area (TPSA) is 250 Å². The predicted molar refractivity (Wildman–Crippen MR) is 309 cm³/mol. The number of carbonyl (C=O) groups is 4. The summed E-state index contributed by atoms with van der Waals surface area (Å²) < 4.78 is 67.6. The molecule has 6 fully saturated rings. The van der Waals surface area contributed by atoms with Gasteiger partial charge in [0.1, 0.15) is 30.1 Å². The number of aliphatic hydroxyl groups is 5. The fourth-order valence-corrected chi connectivity index (χ4v) is 16.6. The van der Waals surface area contributed by atoms with Gasteiger partial charge >= 0.3 is 17.9 Å². The molecule has 0 aromatic carbocycles. The number of fused-ring (bicyclic) bond motifs is 5. The molecule has 3 saturated carbocycles. The van der Waals surface area contributed by atoms with Crippen molar-refractivity contribution in [3.8, 4) is 0 Å². The van der Waals surface area contributed by atoms with E-state index in [2.05, 4.69) is 13.8 Å². The largest absolute Gasteiger partial charge is 0.464 e. The number of esters is 3. The van der Waals surface area contributed by atoms with Crippen LogP contribution in [0.25, 0.3) is 0 Å². The molecule has 0 aromatic heterocycles. The Labute approximate surface area is 499 Å². The van der Waals surface area contributed by atoms with Crippen LogP contribution in [0.3, 0.4) is 0 Å². The summed E-state index contributed by atoms with van der Waals surface area (Å²) in [7, 11) is 7.20. The number of aliphatic hydroxyl groups excluding tert-OH is 3. The Bertz CT molecular complexity index is 2390. The number of ether oxygens (including phenoxy) is 8. The van der Waals surface area contributed by atoms with E-state index in [9.17, 15) is 44.7 Å².